The average Bonchev–Trinajstić information content (AvgIpc) is 2.74. The molecule has 0 saturated carbocycles. The Morgan fingerprint density at radius 3 is 2.73 bits per heavy atom. The molecule has 136 valence electrons. The summed E-state index contributed by atoms with van der Waals surface area (Å²) >= 11 is 6.25. The van der Waals surface area contributed by atoms with Gasteiger partial charge < -0.3 is 15.5 Å². The van der Waals surface area contributed by atoms with Crippen molar-refractivity contribution in [3.8, 4) is 0 Å². The van der Waals surface area contributed by atoms with Gasteiger partial charge in [-0.05, 0) is 32.0 Å². The van der Waals surface area contributed by atoms with Crippen molar-refractivity contribution in [2.75, 3.05) is 16.8 Å². The third-order valence-corrected chi connectivity index (χ3v) is 5.01. The molecule has 1 aliphatic heterocycles. The first-order chi connectivity index (χ1) is 12.5. The maximum Gasteiger partial charge on any atom is 0.282 e. The van der Waals surface area contributed by atoms with Crippen LogP contribution < -0.4 is 15.5 Å². The Labute approximate surface area is 158 Å². The van der Waals surface area contributed by atoms with E-state index in [9.17, 15) is 9.59 Å². The van der Waals surface area contributed by atoms with Crippen LogP contribution in [0.1, 0.15) is 31.9 Å². The second-order valence-electron chi connectivity index (χ2n) is 6.63. The fraction of sp³-hybridized carbons (Fsp3) is 0.300. The van der Waals surface area contributed by atoms with E-state index in [1.165, 1.54) is 0 Å². The van der Waals surface area contributed by atoms with Crippen LogP contribution in [0.5, 0.6) is 0 Å². The molecule has 26 heavy (non-hydrogen) atoms. The molecule has 2 aromatic rings. The van der Waals surface area contributed by atoms with E-state index in [2.05, 4.69) is 5.32 Å². The summed E-state index contributed by atoms with van der Waals surface area (Å²) in [5, 5.41) is 5.55. The molecule has 5 nitrogen and oxygen atoms in total. The van der Waals surface area contributed by atoms with Gasteiger partial charge in [-0.3, -0.25) is 9.59 Å². The van der Waals surface area contributed by atoms with Crippen LogP contribution in [-0.2, 0) is 9.59 Å². The molecule has 0 aromatic heterocycles. The molecule has 0 fully saturated rings. The lowest BCUT2D eigenvalue weighted by Gasteiger charge is -2.27. The molecular weight excluding hydrogens is 350 g/mol. The molecule has 3 N–H and O–H groups in total. The number of quaternary nitrogens is 1. The Morgan fingerprint density at radius 1 is 1.27 bits per heavy atom. The monoisotopic (exact) mass is 372 g/mol. The Balaban J connectivity index is 1.76. The minimum Gasteiger partial charge on any atom is -0.332 e. The highest BCUT2D eigenvalue weighted by Crippen LogP contribution is 2.31. The van der Waals surface area contributed by atoms with E-state index in [0.717, 1.165) is 11.3 Å². The van der Waals surface area contributed by atoms with E-state index in [-0.39, 0.29) is 36.9 Å². The van der Waals surface area contributed by atoms with E-state index in [1.807, 2.05) is 67.7 Å². The first kappa shape index (κ1) is 18.4. The fourth-order valence-corrected chi connectivity index (χ4v) is 3.62. The molecule has 2 aromatic carbocycles. The van der Waals surface area contributed by atoms with Crippen molar-refractivity contribution >= 4 is 34.8 Å². The van der Waals surface area contributed by atoms with Crippen LogP contribution >= 0.6 is 11.6 Å². The predicted molar refractivity (Wildman–Crippen MR) is 103 cm³/mol. The quantitative estimate of drug-likeness (QED) is 0.866. The molecule has 0 aliphatic carbocycles. The Bertz CT molecular complexity index is 824. The molecule has 1 aliphatic rings. The van der Waals surface area contributed by atoms with Crippen molar-refractivity contribution in [2.45, 2.75) is 32.4 Å². The van der Waals surface area contributed by atoms with Gasteiger partial charge in [0.2, 0.25) is 5.91 Å². The molecule has 2 amide bonds. The zero-order valence-electron chi connectivity index (χ0n) is 14.9. The van der Waals surface area contributed by atoms with Gasteiger partial charge in [-0.1, -0.05) is 41.9 Å². The standard InChI is InChI=1S/C20H22ClN3O2/c1-13-11-19(25)23-17-9-5-6-10-18(17)24(13)20(26)12-22-14(2)15-7-3-4-8-16(15)21/h3-10,13-14,22H,11-12H2,1-2H3,(H,23,25)/p+1/t13-,14+/m0/s1. The van der Waals surface area contributed by atoms with E-state index in [4.69, 9.17) is 11.6 Å². The lowest BCUT2D eigenvalue weighted by molar-refractivity contribution is -0.682. The number of nitrogens with one attached hydrogen (secondary N) is 1. The summed E-state index contributed by atoms with van der Waals surface area (Å²) in [6.45, 7) is 4.20. The highest BCUT2D eigenvalue weighted by Gasteiger charge is 2.30. The number of benzene rings is 2. The smallest absolute Gasteiger partial charge is 0.282 e. The number of halogens is 1. The number of carbonyl (C=O) groups is 2. The van der Waals surface area contributed by atoms with Gasteiger partial charge in [0.25, 0.3) is 5.91 Å². The van der Waals surface area contributed by atoms with Crippen LogP contribution in [0, 0.1) is 0 Å². The lowest BCUT2D eigenvalue weighted by Crippen LogP contribution is -2.87. The largest absolute Gasteiger partial charge is 0.332 e. The van der Waals surface area contributed by atoms with E-state index in [1.54, 1.807) is 4.90 Å². The second-order valence-corrected chi connectivity index (χ2v) is 7.04. The predicted octanol–water partition coefficient (Wildman–Crippen LogP) is 2.73. The molecule has 2 atom stereocenters. The van der Waals surface area contributed by atoms with Crippen LogP contribution in [0.3, 0.4) is 0 Å². The maximum absolute atomic E-state index is 13.0. The minimum atomic E-state index is -0.199. The summed E-state index contributed by atoms with van der Waals surface area (Å²) in [6, 6.07) is 14.9. The summed E-state index contributed by atoms with van der Waals surface area (Å²) in [4.78, 5) is 26.7. The number of hydrogen-bond donors (Lipinski definition) is 2. The Morgan fingerprint density at radius 2 is 1.96 bits per heavy atom. The Hall–Kier alpha value is -2.37. The number of amides is 2. The number of nitrogens with zero attached hydrogens (tertiary/aromatic N) is 1. The average molecular weight is 373 g/mol. The van der Waals surface area contributed by atoms with Gasteiger partial charge in [-0.15, -0.1) is 0 Å². The van der Waals surface area contributed by atoms with E-state index in [0.29, 0.717) is 10.7 Å². The molecule has 0 saturated heterocycles. The van der Waals surface area contributed by atoms with Crippen molar-refractivity contribution in [1.82, 2.24) is 0 Å². The van der Waals surface area contributed by atoms with Gasteiger partial charge >= 0.3 is 0 Å². The fourth-order valence-electron chi connectivity index (χ4n) is 3.32. The van der Waals surface area contributed by atoms with Crippen LogP contribution in [0.2, 0.25) is 5.02 Å². The Kier molecular flexibility index (Phi) is 5.59. The third kappa shape index (κ3) is 3.89. The molecular formula is C20H23ClN3O2+. The zero-order chi connectivity index (χ0) is 18.7. The first-order valence-corrected chi connectivity index (χ1v) is 9.14. The van der Waals surface area contributed by atoms with Gasteiger partial charge in [0.05, 0.1) is 11.4 Å². The highest BCUT2D eigenvalue weighted by atomic mass is 35.5. The van der Waals surface area contributed by atoms with Crippen LogP contribution in [0.4, 0.5) is 11.4 Å². The minimum absolute atomic E-state index is 0.0275. The van der Waals surface area contributed by atoms with Gasteiger partial charge in [-0.2, -0.15) is 0 Å². The van der Waals surface area contributed by atoms with E-state index < -0.39 is 0 Å². The molecule has 0 bridgehead atoms. The molecule has 3 rings (SSSR count). The summed E-state index contributed by atoms with van der Waals surface area (Å²) in [7, 11) is 0. The van der Waals surface area contributed by atoms with Crippen molar-refractivity contribution in [1.29, 1.82) is 0 Å². The highest BCUT2D eigenvalue weighted by molar-refractivity contribution is 6.31. The number of para-hydroxylation sites is 2. The van der Waals surface area contributed by atoms with Crippen LogP contribution in [0.15, 0.2) is 48.5 Å². The number of hydrogen-bond acceptors (Lipinski definition) is 2. The summed E-state index contributed by atoms with van der Waals surface area (Å²) in [5.74, 6) is -0.103. The van der Waals surface area contributed by atoms with Crippen molar-refractivity contribution < 1.29 is 14.9 Å². The number of rotatable bonds is 4. The number of carbonyl (C=O) groups excluding carboxylic acids is 2. The third-order valence-electron chi connectivity index (χ3n) is 4.67. The SMILES string of the molecule is C[C@@H]([NH2+]CC(=O)N1c2ccccc2NC(=O)C[C@@H]1C)c1ccccc1Cl. The van der Waals surface area contributed by atoms with Crippen molar-refractivity contribution in [3.05, 3.63) is 59.1 Å². The van der Waals surface area contributed by atoms with Gasteiger partial charge in [0, 0.05) is 23.0 Å². The van der Waals surface area contributed by atoms with Crippen LogP contribution in [-0.4, -0.2) is 24.4 Å². The second kappa shape index (κ2) is 7.89. The van der Waals surface area contributed by atoms with E-state index >= 15 is 0 Å². The molecule has 1 heterocycles. The van der Waals surface area contributed by atoms with Gasteiger partial charge in [0.1, 0.15) is 6.04 Å². The van der Waals surface area contributed by atoms with Crippen LogP contribution in [0.25, 0.3) is 0 Å². The topological polar surface area (TPSA) is 66.0 Å². The normalized spacial score (nSPS) is 17.9. The van der Waals surface area contributed by atoms with Crippen molar-refractivity contribution in [3.63, 3.8) is 0 Å². The first-order valence-electron chi connectivity index (χ1n) is 8.76. The number of nitrogens with two attached hydrogens (primary N) is 1. The summed E-state index contributed by atoms with van der Waals surface area (Å²) in [5.41, 5.74) is 2.42. The molecule has 6 heteroatoms. The zero-order valence-corrected chi connectivity index (χ0v) is 15.7. The molecule has 0 radical (unpaired) electrons. The van der Waals surface area contributed by atoms with Gasteiger partial charge in [-0.25, -0.2) is 0 Å². The van der Waals surface area contributed by atoms with Gasteiger partial charge in [0.15, 0.2) is 6.54 Å². The maximum atomic E-state index is 13.0. The lowest BCUT2D eigenvalue weighted by atomic mass is 10.1. The summed E-state index contributed by atoms with van der Waals surface area (Å²) in [6.07, 6.45) is 0.278. The van der Waals surface area contributed by atoms with Crippen molar-refractivity contribution in [2.24, 2.45) is 0 Å². The summed E-state index contributed by atoms with van der Waals surface area (Å²) < 4.78 is 0. The molecule has 0 spiro atoms. The number of anilines is 2. The number of fused-ring (bicyclic) bond motifs is 1. The molecule has 0 unspecified atom stereocenters.